The van der Waals surface area contributed by atoms with Gasteiger partial charge in [0.15, 0.2) is 0 Å². The molecule has 0 N–H and O–H groups in total. The lowest BCUT2D eigenvalue weighted by atomic mass is 9.94. The first kappa shape index (κ1) is 18.5. The molecule has 1 aromatic carbocycles. The lowest BCUT2D eigenvalue weighted by Gasteiger charge is -2.34. The minimum Gasteiger partial charge on any atom is -0.372 e. The van der Waals surface area contributed by atoms with Crippen LogP contribution in [-0.2, 0) is 13.0 Å². The number of imidazole rings is 1. The van der Waals surface area contributed by atoms with Crippen LogP contribution in [-0.4, -0.2) is 27.2 Å². The maximum absolute atomic E-state index is 12.4. The van der Waals surface area contributed by atoms with E-state index >= 15 is 0 Å². The van der Waals surface area contributed by atoms with E-state index in [2.05, 4.69) is 35.6 Å². The standard InChI is InChI=1S/C24H30N4O/c1-17-11-12-19-20(26(17)2)13-14-21-24(19)25-22(16-27-15-7-6-10-23(27)29)28(21)18-8-4-3-5-9-18/h6-7,10,13-15,17-18H,3-5,8-9,11-12,16H2,1-2H3. The Morgan fingerprint density at radius 2 is 1.90 bits per heavy atom. The molecule has 1 fully saturated rings. The van der Waals surface area contributed by atoms with Crippen LogP contribution in [0.5, 0.6) is 0 Å². The molecule has 0 bridgehead atoms. The van der Waals surface area contributed by atoms with Crippen molar-refractivity contribution in [3.05, 3.63) is 58.3 Å². The van der Waals surface area contributed by atoms with Gasteiger partial charge in [0.1, 0.15) is 5.82 Å². The third-order valence-corrected chi connectivity index (χ3v) is 7.02. The quantitative estimate of drug-likeness (QED) is 0.660. The van der Waals surface area contributed by atoms with E-state index < -0.39 is 0 Å². The van der Waals surface area contributed by atoms with Crippen LogP contribution in [0.1, 0.15) is 62.9 Å². The van der Waals surface area contributed by atoms with Crippen molar-refractivity contribution in [2.75, 3.05) is 11.9 Å². The predicted molar refractivity (Wildman–Crippen MR) is 118 cm³/mol. The van der Waals surface area contributed by atoms with E-state index in [4.69, 9.17) is 4.98 Å². The molecular weight excluding hydrogens is 360 g/mol. The van der Waals surface area contributed by atoms with E-state index in [1.807, 2.05) is 12.3 Å². The topological polar surface area (TPSA) is 43.1 Å². The molecule has 29 heavy (non-hydrogen) atoms. The zero-order chi connectivity index (χ0) is 20.0. The summed E-state index contributed by atoms with van der Waals surface area (Å²) in [5, 5.41) is 0. The summed E-state index contributed by atoms with van der Waals surface area (Å²) < 4.78 is 4.24. The van der Waals surface area contributed by atoms with Gasteiger partial charge >= 0.3 is 0 Å². The molecule has 1 atom stereocenters. The maximum atomic E-state index is 12.4. The second-order valence-electron chi connectivity index (χ2n) is 8.79. The lowest BCUT2D eigenvalue weighted by Crippen LogP contribution is -2.33. The fraction of sp³-hybridized carbons (Fsp3) is 0.500. The van der Waals surface area contributed by atoms with E-state index in [0.29, 0.717) is 18.6 Å². The molecule has 152 valence electrons. The fourth-order valence-electron chi connectivity index (χ4n) is 5.22. The second-order valence-corrected chi connectivity index (χ2v) is 8.79. The first-order valence-corrected chi connectivity index (χ1v) is 11.0. The number of benzene rings is 1. The SMILES string of the molecule is CC1CCc2c(ccc3c2nc(Cn2ccccc2=O)n3C2CCCCC2)N1C. The van der Waals surface area contributed by atoms with E-state index in [1.54, 1.807) is 16.7 Å². The highest BCUT2D eigenvalue weighted by Crippen LogP contribution is 2.38. The van der Waals surface area contributed by atoms with Crippen LogP contribution in [0.2, 0.25) is 0 Å². The molecule has 3 aromatic rings. The summed E-state index contributed by atoms with van der Waals surface area (Å²) in [7, 11) is 2.19. The van der Waals surface area contributed by atoms with Crippen LogP contribution in [0.25, 0.3) is 11.0 Å². The largest absolute Gasteiger partial charge is 0.372 e. The molecule has 3 heterocycles. The molecule has 0 radical (unpaired) electrons. The molecule has 0 saturated heterocycles. The molecule has 0 spiro atoms. The molecular formula is C24H30N4O. The molecule has 2 aromatic heterocycles. The first-order valence-electron chi connectivity index (χ1n) is 11.0. The van der Waals surface area contributed by atoms with Crippen molar-refractivity contribution in [3.63, 3.8) is 0 Å². The molecule has 1 aliphatic heterocycles. The number of hydrogen-bond acceptors (Lipinski definition) is 3. The Bertz CT molecular complexity index is 1090. The van der Waals surface area contributed by atoms with Crippen molar-refractivity contribution in [3.8, 4) is 0 Å². The average molecular weight is 391 g/mol. The van der Waals surface area contributed by atoms with Crippen LogP contribution in [0.4, 0.5) is 5.69 Å². The fourth-order valence-corrected chi connectivity index (χ4v) is 5.22. The van der Waals surface area contributed by atoms with Crippen molar-refractivity contribution < 1.29 is 0 Å². The number of hydrogen-bond donors (Lipinski definition) is 0. The number of anilines is 1. The zero-order valence-electron chi connectivity index (χ0n) is 17.5. The Balaban J connectivity index is 1.68. The molecule has 2 aliphatic rings. The highest BCUT2D eigenvalue weighted by atomic mass is 16.1. The Morgan fingerprint density at radius 1 is 1.07 bits per heavy atom. The number of pyridine rings is 1. The number of aryl methyl sites for hydroxylation is 1. The van der Waals surface area contributed by atoms with Gasteiger partial charge in [-0.15, -0.1) is 0 Å². The van der Waals surface area contributed by atoms with Gasteiger partial charge in [0.05, 0.1) is 17.6 Å². The van der Waals surface area contributed by atoms with E-state index in [-0.39, 0.29) is 5.56 Å². The van der Waals surface area contributed by atoms with Crippen LogP contribution in [0.15, 0.2) is 41.3 Å². The van der Waals surface area contributed by atoms with Crippen molar-refractivity contribution in [2.45, 2.75) is 70.5 Å². The van der Waals surface area contributed by atoms with E-state index in [9.17, 15) is 4.79 Å². The third kappa shape index (κ3) is 3.17. The van der Waals surface area contributed by atoms with Gasteiger partial charge in [-0.3, -0.25) is 4.79 Å². The number of rotatable bonds is 3. The van der Waals surface area contributed by atoms with E-state index in [0.717, 1.165) is 24.2 Å². The van der Waals surface area contributed by atoms with Crippen LogP contribution in [0.3, 0.4) is 0 Å². The predicted octanol–water partition coefficient (Wildman–Crippen LogP) is 4.52. The van der Waals surface area contributed by atoms with Crippen molar-refractivity contribution in [1.82, 2.24) is 14.1 Å². The first-order chi connectivity index (χ1) is 14.1. The molecule has 1 unspecified atom stereocenters. The maximum Gasteiger partial charge on any atom is 0.250 e. The summed E-state index contributed by atoms with van der Waals surface area (Å²) in [4.78, 5) is 19.9. The lowest BCUT2D eigenvalue weighted by molar-refractivity contribution is 0.350. The highest BCUT2D eigenvalue weighted by Gasteiger charge is 2.27. The van der Waals surface area contributed by atoms with Crippen LogP contribution < -0.4 is 10.5 Å². The van der Waals surface area contributed by atoms with Crippen molar-refractivity contribution in [1.29, 1.82) is 0 Å². The summed E-state index contributed by atoms with van der Waals surface area (Å²) in [6.45, 7) is 2.83. The van der Waals surface area contributed by atoms with Gasteiger partial charge in [0.2, 0.25) is 0 Å². The molecule has 1 aliphatic carbocycles. The number of fused-ring (bicyclic) bond motifs is 3. The Kier molecular flexibility index (Phi) is 4.69. The Hall–Kier alpha value is -2.56. The Morgan fingerprint density at radius 3 is 2.69 bits per heavy atom. The van der Waals surface area contributed by atoms with Gasteiger partial charge in [-0.05, 0) is 50.8 Å². The number of aromatic nitrogens is 3. The van der Waals surface area contributed by atoms with Crippen molar-refractivity contribution >= 4 is 16.7 Å². The van der Waals surface area contributed by atoms with Crippen LogP contribution in [0, 0.1) is 0 Å². The third-order valence-electron chi connectivity index (χ3n) is 7.02. The average Bonchev–Trinajstić information content (AvgIpc) is 3.11. The van der Waals surface area contributed by atoms with Gasteiger partial charge in [0, 0.05) is 42.6 Å². The Labute approximate surface area is 172 Å². The van der Waals surface area contributed by atoms with Gasteiger partial charge in [-0.1, -0.05) is 25.3 Å². The highest BCUT2D eigenvalue weighted by molar-refractivity contribution is 5.86. The summed E-state index contributed by atoms with van der Waals surface area (Å²) >= 11 is 0. The minimum atomic E-state index is 0.0327. The van der Waals surface area contributed by atoms with Gasteiger partial charge in [0.25, 0.3) is 5.56 Å². The summed E-state index contributed by atoms with van der Waals surface area (Å²) in [5.41, 5.74) is 5.11. The van der Waals surface area contributed by atoms with Gasteiger partial charge in [-0.25, -0.2) is 4.98 Å². The monoisotopic (exact) mass is 390 g/mol. The molecule has 5 heteroatoms. The minimum absolute atomic E-state index is 0.0327. The zero-order valence-corrected chi connectivity index (χ0v) is 17.5. The normalized spacial score (nSPS) is 20.2. The summed E-state index contributed by atoms with van der Waals surface area (Å²) in [6.07, 6.45) is 10.4. The molecule has 0 amide bonds. The van der Waals surface area contributed by atoms with Gasteiger partial charge < -0.3 is 14.0 Å². The van der Waals surface area contributed by atoms with E-state index in [1.165, 1.54) is 48.9 Å². The van der Waals surface area contributed by atoms with Gasteiger partial charge in [-0.2, -0.15) is 0 Å². The molecule has 1 saturated carbocycles. The smallest absolute Gasteiger partial charge is 0.250 e. The van der Waals surface area contributed by atoms with Crippen molar-refractivity contribution in [2.24, 2.45) is 0 Å². The second kappa shape index (κ2) is 7.36. The number of nitrogens with zero attached hydrogens (tertiary/aromatic N) is 4. The summed E-state index contributed by atoms with van der Waals surface area (Å²) in [5.74, 6) is 1.02. The molecule has 5 rings (SSSR count). The molecule has 5 nitrogen and oxygen atoms in total. The summed E-state index contributed by atoms with van der Waals surface area (Å²) in [6, 6.07) is 11.0. The van der Waals surface area contributed by atoms with Crippen LogP contribution >= 0.6 is 0 Å².